The van der Waals surface area contributed by atoms with Crippen LogP contribution in [0.1, 0.15) is 23.8 Å². The van der Waals surface area contributed by atoms with Gasteiger partial charge >= 0.3 is 0 Å². The number of carbonyl (C=O) groups excluding carboxylic acids is 1. The summed E-state index contributed by atoms with van der Waals surface area (Å²) < 4.78 is 18.2. The van der Waals surface area contributed by atoms with E-state index in [2.05, 4.69) is 21.7 Å². The van der Waals surface area contributed by atoms with Crippen molar-refractivity contribution in [3.63, 3.8) is 0 Å². The number of hydrogen-bond acceptors (Lipinski definition) is 4. The molecule has 128 valence electrons. The fourth-order valence-corrected chi connectivity index (χ4v) is 3.75. The maximum atomic E-state index is 12.8. The van der Waals surface area contributed by atoms with Crippen LogP contribution in [0.25, 0.3) is 0 Å². The van der Waals surface area contributed by atoms with Crippen LogP contribution in [0, 0.1) is 5.82 Å². The van der Waals surface area contributed by atoms with Crippen molar-refractivity contribution in [2.45, 2.75) is 18.9 Å². The van der Waals surface area contributed by atoms with Crippen LogP contribution in [-0.2, 0) is 4.79 Å². The molecule has 1 aromatic carbocycles. The Morgan fingerprint density at radius 2 is 2.00 bits per heavy atom. The molecule has 1 saturated heterocycles. The molecule has 2 heterocycles. The van der Waals surface area contributed by atoms with Gasteiger partial charge in [-0.1, -0.05) is 6.07 Å². The minimum atomic E-state index is -0.323. The number of nitrogens with one attached hydrogen (secondary N) is 1. The maximum Gasteiger partial charge on any atom is 0.258 e. The molecule has 0 saturated carbocycles. The summed E-state index contributed by atoms with van der Waals surface area (Å²) in [7, 11) is 0. The fraction of sp³-hybridized carbons (Fsp3) is 0.389. The smallest absolute Gasteiger partial charge is 0.258 e. The lowest BCUT2D eigenvalue weighted by Gasteiger charge is -2.26. The van der Waals surface area contributed by atoms with Gasteiger partial charge in [0.15, 0.2) is 6.61 Å². The number of benzene rings is 1. The molecule has 24 heavy (non-hydrogen) atoms. The van der Waals surface area contributed by atoms with E-state index in [9.17, 15) is 9.18 Å². The van der Waals surface area contributed by atoms with Gasteiger partial charge < -0.3 is 10.1 Å². The maximum absolute atomic E-state index is 12.8. The highest BCUT2D eigenvalue weighted by molar-refractivity contribution is 7.10. The number of amides is 1. The Balaban J connectivity index is 1.50. The van der Waals surface area contributed by atoms with Crippen molar-refractivity contribution >= 4 is 17.2 Å². The van der Waals surface area contributed by atoms with E-state index in [1.807, 2.05) is 6.07 Å². The fourth-order valence-electron chi connectivity index (χ4n) is 2.89. The molecule has 1 fully saturated rings. The molecule has 0 radical (unpaired) electrons. The van der Waals surface area contributed by atoms with Gasteiger partial charge in [0.25, 0.3) is 5.91 Å². The van der Waals surface area contributed by atoms with E-state index in [0.29, 0.717) is 12.3 Å². The Labute approximate surface area is 145 Å². The van der Waals surface area contributed by atoms with Crippen LogP contribution in [0.4, 0.5) is 4.39 Å². The van der Waals surface area contributed by atoms with Gasteiger partial charge in [0.1, 0.15) is 11.6 Å². The largest absolute Gasteiger partial charge is 0.484 e. The minimum absolute atomic E-state index is 0.0667. The van der Waals surface area contributed by atoms with E-state index < -0.39 is 0 Å². The van der Waals surface area contributed by atoms with Gasteiger partial charge in [-0.05, 0) is 61.6 Å². The lowest BCUT2D eigenvalue weighted by Crippen LogP contribution is -2.38. The van der Waals surface area contributed by atoms with Crippen molar-refractivity contribution in [3.8, 4) is 5.75 Å². The zero-order valence-electron chi connectivity index (χ0n) is 13.4. The first-order valence-electron chi connectivity index (χ1n) is 8.15. The van der Waals surface area contributed by atoms with Crippen molar-refractivity contribution in [1.29, 1.82) is 0 Å². The second kappa shape index (κ2) is 8.26. The van der Waals surface area contributed by atoms with Crippen LogP contribution in [0.3, 0.4) is 0 Å². The van der Waals surface area contributed by atoms with Crippen LogP contribution in [-0.4, -0.2) is 37.0 Å². The predicted molar refractivity (Wildman–Crippen MR) is 92.8 cm³/mol. The van der Waals surface area contributed by atoms with Crippen LogP contribution in [0.5, 0.6) is 5.75 Å². The molecule has 3 rings (SSSR count). The summed E-state index contributed by atoms with van der Waals surface area (Å²) in [5.41, 5.74) is 0. The second-order valence-electron chi connectivity index (χ2n) is 5.82. The molecular weight excluding hydrogens is 327 g/mol. The topological polar surface area (TPSA) is 41.6 Å². The Morgan fingerprint density at radius 3 is 2.67 bits per heavy atom. The third kappa shape index (κ3) is 4.55. The van der Waals surface area contributed by atoms with Crippen molar-refractivity contribution in [3.05, 3.63) is 52.5 Å². The normalized spacial score (nSPS) is 16.0. The van der Waals surface area contributed by atoms with Gasteiger partial charge in [-0.3, -0.25) is 9.69 Å². The summed E-state index contributed by atoms with van der Waals surface area (Å²) in [5, 5.41) is 5.02. The van der Waals surface area contributed by atoms with Crippen LogP contribution < -0.4 is 10.1 Å². The lowest BCUT2D eigenvalue weighted by atomic mass is 10.2. The molecule has 1 amide bonds. The molecule has 0 bridgehead atoms. The van der Waals surface area contributed by atoms with E-state index in [-0.39, 0.29) is 24.4 Å². The lowest BCUT2D eigenvalue weighted by molar-refractivity contribution is -0.123. The molecule has 1 N–H and O–H groups in total. The van der Waals surface area contributed by atoms with Crippen molar-refractivity contribution in [2.24, 2.45) is 0 Å². The highest BCUT2D eigenvalue weighted by Crippen LogP contribution is 2.27. The number of likely N-dealkylation sites (tertiary alicyclic amines) is 1. The highest BCUT2D eigenvalue weighted by atomic mass is 32.1. The summed E-state index contributed by atoms with van der Waals surface area (Å²) >= 11 is 1.72. The van der Waals surface area contributed by atoms with Crippen molar-refractivity contribution in [1.82, 2.24) is 10.2 Å². The van der Waals surface area contributed by atoms with Gasteiger partial charge in [-0.25, -0.2) is 4.39 Å². The molecule has 0 aliphatic carbocycles. The van der Waals surface area contributed by atoms with Gasteiger partial charge in [-0.15, -0.1) is 11.3 Å². The molecular formula is C18H21FN2O2S. The standard InChI is InChI=1S/C18H21FN2O2S/c19-14-5-7-15(8-6-14)23-13-18(22)20-12-16(17-4-3-11-24-17)21-9-1-2-10-21/h3-8,11,16H,1-2,9-10,12-13H2,(H,20,22)/t16-/m1/s1. The molecule has 1 aromatic heterocycles. The number of halogens is 1. The molecule has 4 nitrogen and oxygen atoms in total. The zero-order valence-corrected chi connectivity index (χ0v) is 14.2. The van der Waals surface area contributed by atoms with E-state index in [4.69, 9.17) is 4.74 Å². The number of nitrogens with zero attached hydrogens (tertiary/aromatic N) is 1. The number of carbonyl (C=O) groups is 1. The van der Waals surface area contributed by atoms with E-state index >= 15 is 0 Å². The zero-order chi connectivity index (χ0) is 16.8. The number of ether oxygens (including phenoxy) is 1. The average Bonchev–Trinajstić information content (AvgIpc) is 3.29. The summed E-state index contributed by atoms with van der Waals surface area (Å²) in [4.78, 5) is 15.7. The average molecular weight is 348 g/mol. The first-order chi connectivity index (χ1) is 11.7. The summed E-state index contributed by atoms with van der Waals surface area (Å²) in [6.07, 6.45) is 2.42. The van der Waals surface area contributed by atoms with Crippen molar-refractivity contribution < 1.29 is 13.9 Å². The monoisotopic (exact) mass is 348 g/mol. The third-order valence-electron chi connectivity index (χ3n) is 4.13. The Hall–Kier alpha value is -1.92. The van der Waals surface area contributed by atoms with E-state index in [1.54, 1.807) is 11.3 Å². The molecule has 0 spiro atoms. The first kappa shape index (κ1) is 16.9. The van der Waals surface area contributed by atoms with Gasteiger partial charge in [0.2, 0.25) is 0 Å². The second-order valence-corrected chi connectivity index (χ2v) is 6.80. The van der Waals surface area contributed by atoms with Crippen LogP contribution >= 0.6 is 11.3 Å². The van der Waals surface area contributed by atoms with E-state index in [1.165, 1.54) is 42.0 Å². The molecule has 1 aliphatic rings. The van der Waals surface area contributed by atoms with Crippen LogP contribution in [0.2, 0.25) is 0 Å². The Kier molecular flexibility index (Phi) is 5.82. The molecule has 0 unspecified atom stereocenters. The molecule has 2 aromatic rings. The quantitative estimate of drug-likeness (QED) is 0.835. The molecule has 1 aliphatic heterocycles. The number of thiophene rings is 1. The van der Waals surface area contributed by atoms with Crippen LogP contribution in [0.15, 0.2) is 41.8 Å². The molecule has 6 heteroatoms. The first-order valence-corrected chi connectivity index (χ1v) is 9.03. The summed E-state index contributed by atoms with van der Waals surface area (Å²) in [6.45, 7) is 2.66. The van der Waals surface area contributed by atoms with Gasteiger partial charge in [-0.2, -0.15) is 0 Å². The summed E-state index contributed by atoms with van der Waals surface area (Å²) in [5.74, 6) is -0.00261. The minimum Gasteiger partial charge on any atom is -0.484 e. The number of hydrogen-bond donors (Lipinski definition) is 1. The van der Waals surface area contributed by atoms with Crippen molar-refractivity contribution in [2.75, 3.05) is 26.2 Å². The Bertz CT molecular complexity index is 640. The third-order valence-corrected chi connectivity index (χ3v) is 5.10. The highest BCUT2D eigenvalue weighted by Gasteiger charge is 2.24. The Morgan fingerprint density at radius 1 is 1.25 bits per heavy atom. The number of rotatable bonds is 7. The molecule has 1 atom stereocenters. The van der Waals surface area contributed by atoms with Gasteiger partial charge in [0, 0.05) is 11.4 Å². The van der Waals surface area contributed by atoms with E-state index in [0.717, 1.165) is 13.1 Å². The van der Waals surface area contributed by atoms with Gasteiger partial charge in [0.05, 0.1) is 6.04 Å². The SMILES string of the molecule is O=C(COc1ccc(F)cc1)NC[C@H](c1cccs1)N1CCCC1. The summed E-state index contributed by atoms with van der Waals surface area (Å²) in [6, 6.07) is 10.0. The predicted octanol–water partition coefficient (Wildman–Crippen LogP) is 3.22.